The lowest BCUT2D eigenvalue weighted by atomic mass is 10.0. The van der Waals surface area contributed by atoms with E-state index in [9.17, 15) is 4.79 Å². The minimum Gasteiger partial charge on any atom is -0.494 e. The number of hydrogen-bond acceptors (Lipinski definition) is 3. The molecule has 0 radical (unpaired) electrons. The number of para-hydroxylation sites is 1. The predicted molar refractivity (Wildman–Crippen MR) is 72.3 cm³/mol. The van der Waals surface area contributed by atoms with Gasteiger partial charge in [0.1, 0.15) is 5.75 Å². The lowest BCUT2D eigenvalue weighted by Gasteiger charge is -2.20. The van der Waals surface area contributed by atoms with Crippen LogP contribution in [0.2, 0.25) is 0 Å². The molecule has 1 unspecified atom stereocenters. The molecule has 0 heterocycles. The molecule has 18 heavy (non-hydrogen) atoms. The van der Waals surface area contributed by atoms with Crippen LogP contribution in [-0.2, 0) is 11.3 Å². The first-order valence-electron chi connectivity index (χ1n) is 6.29. The van der Waals surface area contributed by atoms with E-state index in [0.29, 0.717) is 13.2 Å². The van der Waals surface area contributed by atoms with E-state index < -0.39 is 0 Å². The first-order valence-corrected chi connectivity index (χ1v) is 6.29. The van der Waals surface area contributed by atoms with E-state index >= 15 is 0 Å². The van der Waals surface area contributed by atoms with Crippen LogP contribution in [0.4, 0.5) is 0 Å². The molecule has 0 saturated heterocycles. The largest absolute Gasteiger partial charge is 0.494 e. The summed E-state index contributed by atoms with van der Waals surface area (Å²) in [5, 5.41) is 3.18. The van der Waals surface area contributed by atoms with Crippen molar-refractivity contribution in [3.8, 4) is 5.75 Å². The van der Waals surface area contributed by atoms with Gasteiger partial charge >= 0.3 is 0 Å². The van der Waals surface area contributed by atoms with Crippen molar-refractivity contribution >= 4 is 5.91 Å². The average molecular weight is 250 g/mol. The van der Waals surface area contributed by atoms with E-state index in [0.717, 1.165) is 11.3 Å². The van der Waals surface area contributed by atoms with Crippen molar-refractivity contribution in [2.24, 2.45) is 11.7 Å². The predicted octanol–water partition coefficient (Wildman–Crippen LogP) is 1.68. The Kier molecular flexibility index (Phi) is 5.65. The maximum absolute atomic E-state index is 11.3. The topological polar surface area (TPSA) is 64.3 Å². The summed E-state index contributed by atoms with van der Waals surface area (Å²) < 4.78 is 5.53. The minimum absolute atomic E-state index is 0.168. The highest BCUT2D eigenvalue weighted by Gasteiger charge is 2.18. The van der Waals surface area contributed by atoms with E-state index in [-0.39, 0.29) is 17.9 Å². The molecule has 3 N–H and O–H groups in total. The van der Waals surface area contributed by atoms with Gasteiger partial charge in [0.2, 0.25) is 5.91 Å². The summed E-state index contributed by atoms with van der Waals surface area (Å²) in [7, 11) is 0. The molecule has 0 saturated carbocycles. The Balaban J connectivity index is 2.70. The molecule has 0 aliphatic rings. The third-order valence-corrected chi connectivity index (χ3v) is 2.76. The molecule has 4 heteroatoms. The third-order valence-electron chi connectivity index (χ3n) is 2.76. The number of carbonyl (C=O) groups is 1. The lowest BCUT2D eigenvalue weighted by molar-refractivity contribution is -0.121. The van der Waals surface area contributed by atoms with Gasteiger partial charge in [-0.25, -0.2) is 0 Å². The molecule has 0 bridgehead atoms. The van der Waals surface area contributed by atoms with Crippen molar-refractivity contribution < 1.29 is 9.53 Å². The van der Waals surface area contributed by atoms with Crippen LogP contribution in [0.5, 0.6) is 5.75 Å². The quantitative estimate of drug-likeness (QED) is 0.774. The molecule has 0 aliphatic heterocycles. The van der Waals surface area contributed by atoms with Crippen molar-refractivity contribution in [3.05, 3.63) is 29.8 Å². The van der Waals surface area contributed by atoms with Crippen molar-refractivity contribution in [3.63, 3.8) is 0 Å². The van der Waals surface area contributed by atoms with E-state index in [2.05, 4.69) is 5.32 Å². The standard InChI is InChI=1S/C14H22N2O2/c1-4-18-12-8-6-5-7-11(12)9-16-13(10(2)3)14(15)17/h5-8,10,13,16H,4,9H2,1-3H3,(H2,15,17). The molecule has 0 spiro atoms. The van der Waals surface area contributed by atoms with Gasteiger partial charge in [0, 0.05) is 12.1 Å². The van der Waals surface area contributed by atoms with E-state index in [1.165, 1.54) is 0 Å². The molecule has 1 aromatic rings. The van der Waals surface area contributed by atoms with E-state index in [1.807, 2.05) is 45.0 Å². The molecule has 0 fully saturated rings. The second-order valence-electron chi connectivity index (χ2n) is 4.55. The number of rotatable bonds is 7. The van der Waals surface area contributed by atoms with Crippen molar-refractivity contribution in [2.75, 3.05) is 6.61 Å². The second kappa shape index (κ2) is 7.01. The van der Waals surface area contributed by atoms with Gasteiger partial charge in [-0.1, -0.05) is 32.0 Å². The summed E-state index contributed by atoms with van der Waals surface area (Å²) in [4.78, 5) is 11.3. The summed E-state index contributed by atoms with van der Waals surface area (Å²) in [6.45, 7) is 7.08. The molecule has 4 nitrogen and oxygen atoms in total. The number of nitrogens with two attached hydrogens (primary N) is 1. The molecule has 1 aromatic carbocycles. The number of benzene rings is 1. The number of ether oxygens (including phenoxy) is 1. The summed E-state index contributed by atoms with van der Waals surface area (Å²) in [5.74, 6) is 0.695. The van der Waals surface area contributed by atoms with Crippen LogP contribution >= 0.6 is 0 Å². The number of primary amides is 1. The van der Waals surface area contributed by atoms with Gasteiger partial charge in [-0.3, -0.25) is 4.79 Å². The van der Waals surface area contributed by atoms with Gasteiger partial charge in [-0.05, 0) is 18.9 Å². The highest BCUT2D eigenvalue weighted by molar-refractivity contribution is 5.80. The van der Waals surface area contributed by atoms with Gasteiger partial charge in [0.05, 0.1) is 12.6 Å². The highest BCUT2D eigenvalue weighted by Crippen LogP contribution is 2.18. The van der Waals surface area contributed by atoms with Gasteiger partial charge in [0.15, 0.2) is 0 Å². The smallest absolute Gasteiger partial charge is 0.234 e. The number of hydrogen-bond donors (Lipinski definition) is 2. The van der Waals surface area contributed by atoms with Crippen molar-refractivity contribution in [1.82, 2.24) is 5.32 Å². The fourth-order valence-corrected chi connectivity index (χ4v) is 1.83. The Morgan fingerprint density at radius 1 is 1.39 bits per heavy atom. The summed E-state index contributed by atoms with van der Waals surface area (Å²) in [6, 6.07) is 7.47. The minimum atomic E-state index is -0.320. The zero-order chi connectivity index (χ0) is 13.5. The molecule has 1 rings (SSSR count). The Hall–Kier alpha value is -1.55. The van der Waals surface area contributed by atoms with Crippen LogP contribution in [0.15, 0.2) is 24.3 Å². The van der Waals surface area contributed by atoms with Crippen LogP contribution in [0.1, 0.15) is 26.3 Å². The molecule has 1 amide bonds. The maximum atomic E-state index is 11.3. The molecule has 0 aromatic heterocycles. The Bertz CT molecular complexity index is 391. The fraction of sp³-hybridized carbons (Fsp3) is 0.500. The van der Waals surface area contributed by atoms with Crippen molar-refractivity contribution in [2.45, 2.75) is 33.4 Å². The molecule has 100 valence electrons. The van der Waals surface area contributed by atoms with Crippen LogP contribution in [-0.4, -0.2) is 18.6 Å². The first-order chi connectivity index (χ1) is 8.56. The van der Waals surface area contributed by atoms with Crippen LogP contribution < -0.4 is 15.8 Å². The van der Waals surface area contributed by atoms with Gasteiger partial charge in [-0.2, -0.15) is 0 Å². The lowest BCUT2D eigenvalue weighted by Crippen LogP contribution is -2.44. The average Bonchev–Trinajstić information content (AvgIpc) is 2.31. The van der Waals surface area contributed by atoms with Crippen LogP contribution in [0.25, 0.3) is 0 Å². The second-order valence-corrected chi connectivity index (χ2v) is 4.55. The summed E-state index contributed by atoms with van der Waals surface area (Å²) in [6.07, 6.45) is 0. The Labute approximate surface area is 109 Å². The number of amides is 1. The number of carbonyl (C=O) groups excluding carboxylic acids is 1. The van der Waals surface area contributed by atoms with Gasteiger partial charge in [-0.15, -0.1) is 0 Å². The molecule has 1 atom stereocenters. The SMILES string of the molecule is CCOc1ccccc1CNC(C(N)=O)C(C)C. The Morgan fingerprint density at radius 3 is 2.61 bits per heavy atom. The highest BCUT2D eigenvalue weighted by atomic mass is 16.5. The fourth-order valence-electron chi connectivity index (χ4n) is 1.83. The molecular formula is C14H22N2O2. The van der Waals surface area contributed by atoms with E-state index in [4.69, 9.17) is 10.5 Å². The Morgan fingerprint density at radius 2 is 2.06 bits per heavy atom. The zero-order valence-electron chi connectivity index (χ0n) is 11.3. The first kappa shape index (κ1) is 14.5. The molecular weight excluding hydrogens is 228 g/mol. The molecule has 0 aliphatic carbocycles. The maximum Gasteiger partial charge on any atom is 0.234 e. The van der Waals surface area contributed by atoms with Crippen LogP contribution in [0, 0.1) is 5.92 Å². The normalized spacial score (nSPS) is 12.4. The van der Waals surface area contributed by atoms with Gasteiger partial charge in [0.25, 0.3) is 0 Å². The van der Waals surface area contributed by atoms with Crippen molar-refractivity contribution in [1.29, 1.82) is 0 Å². The zero-order valence-corrected chi connectivity index (χ0v) is 11.3. The third kappa shape index (κ3) is 4.04. The summed E-state index contributed by atoms with van der Waals surface area (Å²) in [5.41, 5.74) is 6.40. The van der Waals surface area contributed by atoms with Gasteiger partial charge < -0.3 is 15.8 Å². The summed E-state index contributed by atoms with van der Waals surface area (Å²) >= 11 is 0. The monoisotopic (exact) mass is 250 g/mol. The van der Waals surface area contributed by atoms with E-state index in [1.54, 1.807) is 0 Å². The number of nitrogens with one attached hydrogen (secondary N) is 1. The van der Waals surface area contributed by atoms with Crippen LogP contribution in [0.3, 0.4) is 0 Å².